The van der Waals surface area contributed by atoms with Gasteiger partial charge in [0.15, 0.2) is 0 Å². The zero-order chi connectivity index (χ0) is 22.0. The summed E-state index contributed by atoms with van der Waals surface area (Å²) in [5, 5.41) is 14.3. The van der Waals surface area contributed by atoms with Crippen LogP contribution < -0.4 is 10.6 Å². The molecule has 2 aliphatic rings. The zero-order valence-corrected chi connectivity index (χ0v) is 17.3. The molecule has 4 rings (SSSR count). The Kier molecular flexibility index (Phi) is 5.93. The number of carboxylic acid groups (broad SMARTS) is 1. The average molecular weight is 422 g/mol. The molecule has 0 radical (unpaired) electrons. The van der Waals surface area contributed by atoms with Crippen molar-refractivity contribution in [1.82, 2.24) is 10.6 Å². The highest BCUT2D eigenvalue weighted by Crippen LogP contribution is 2.44. The fourth-order valence-corrected chi connectivity index (χ4v) is 4.27. The number of carbonyl (C=O) groups excluding carboxylic acids is 2. The number of aliphatic carboxylic acids is 1. The number of alkyl carbamates (subject to hydrolysis) is 1. The number of carbonyl (C=O) groups is 3. The molecule has 2 aromatic rings. The fraction of sp³-hybridized carbons (Fsp3) is 0.375. The Morgan fingerprint density at radius 2 is 1.68 bits per heavy atom. The fourth-order valence-electron chi connectivity index (χ4n) is 4.27. The largest absolute Gasteiger partial charge is 0.481 e. The van der Waals surface area contributed by atoms with Crippen LogP contribution in [0.25, 0.3) is 11.1 Å². The van der Waals surface area contributed by atoms with E-state index in [0.29, 0.717) is 19.4 Å². The van der Waals surface area contributed by atoms with Crippen molar-refractivity contribution < 1.29 is 24.2 Å². The van der Waals surface area contributed by atoms with Gasteiger partial charge in [0.2, 0.25) is 5.91 Å². The van der Waals surface area contributed by atoms with Gasteiger partial charge in [0.25, 0.3) is 0 Å². The van der Waals surface area contributed by atoms with Gasteiger partial charge >= 0.3 is 12.1 Å². The first-order chi connectivity index (χ1) is 15.0. The highest BCUT2D eigenvalue weighted by atomic mass is 16.5. The third-order valence-corrected chi connectivity index (χ3v) is 6.14. The van der Waals surface area contributed by atoms with Crippen LogP contribution >= 0.6 is 0 Å². The zero-order valence-electron chi connectivity index (χ0n) is 17.3. The summed E-state index contributed by atoms with van der Waals surface area (Å²) in [5.74, 6) is -1.62. The molecule has 1 unspecified atom stereocenters. The van der Waals surface area contributed by atoms with Crippen LogP contribution in [0.4, 0.5) is 4.79 Å². The lowest BCUT2D eigenvalue weighted by atomic mass is 9.98. The van der Waals surface area contributed by atoms with Crippen LogP contribution in [0, 0.1) is 11.8 Å². The van der Waals surface area contributed by atoms with Gasteiger partial charge in [-0.05, 0) is 41.0 Å². The van der Waals surface area contributed by atoms with Crippen LogP contribution in [0.15, 0.2) is 48.5 Å². The van der Waals surface area contributed by atoms with E-state index in [1.165, 1.54) is 0 Å². The quantitative estimate of drug-likeness (QED) is 0.606. The molecule has 3 atom stereocenters. The number of carboxylic acids is 1. The summed E-state index contributed by atoms with van der Waals surface area (Å²) in [6.45, 7) is 2.28. The molecule has 2 amide bonds. The Bertz CT molecular complexity index is 959. The van der Waals surface area contributed by atoms with Gasteiger partial charge in [0, 0.05) is 12.5 Å². The molecule has 0 bridgehead atoms. The van der Waals surface area contributed by atoms with Crippen LogP contribution in [0.2, 0.25) is 0 Å². The maximum absolute atomic E-state index is 12.4. The summed E-state index contributed by atoms with van der Waals surface area (Å²) in [4.78, 5) is 35.7. The molecule has 162 valence electrons. The second-order valence-electron chi connectivity index (χ2n) is 8.12. The molecule has 0 heterocycles. The summed E-state index contributed by atoms with van der Waals surface area (Å²) >= 11 is 0. The first kappa shape index (κ1) is 20.9. The smallest absolute Gasteiger partial charge is 0.407 e. The summed E-state index contributed by atoms with van der Waals surface area (Å²) in [7, 11) is 0. The van der Waals surface area contributed by atoms with Crippen molar-refractivity contribution in [1.29, 1.82) is 0 Å². The second kappa shape index (κ2) is 8.79. The van der Waals surface area contributed by atoms with E-state index in [2.05, 4.69) is 22.8 Å². The number of benzene rings is 2. The average Bonchev–Trinajstić information content (AvgIpc) is 3.50. The third kappa shape index (κ3) is 4.40. The van der Waals surface area contributed by atoms with Crippen LogP contribution in [-0.4, -0.2) is 42.3 Å². The van der Waals surface area contributed by atoms with E-state index in [0.717, 1.165) is 22.3 Å². The SMILES string of the molecule is CCC(NC(=O)OCC1c2ccccc2-c2ccccc21)C(=O)NC[C@H]1C[C@H]1C(=O)O. The van der Waals surface area contributed by atoms with Gasteiger partial charge in [0.1, 0.15) is 12.6 Å². The minimum absolute atomic E-state index is 0.0339. The van der Waals surface area contributed by atoms with Gasteiger partial charge in [-0.2, -0.15) is 0 Å². The number of fused-ring (bicyclic) bond motifs is 3. The Balaban J connectivity index is 1.31. The summed E-state index contributed by atoms with van der Waals surface area (Å²) < 4.78 is 5.50. The molecule has 0 saturated heterocycles. The van der Waals surface area contributed by atoms with E-state index in [1.807, 2.05) is 36.4 Å². The minimum atomic E-state index is -0.831. The maximum Gasteiger partial charge on any atom is 0.407 e. The first-order valence-corrected chi connectivity index (χ1v) is 10.6. The molecule has 1 saturated carbocycles. The van der Waals surface area contributed by atoms with E-state index in [9.17, 15) is 14.4 Å². The number of hydrogen-bond acceptors (Lipinski definition) is 4. The van der Waals surface area contributed by atoms with E-state index in [-0.39, 0.29) is 30.3 Å². The predicted octanol–water partition coefficient (Wildman–Crippen LogP) is 3.14. The van der Waals surface area contributed by atoms with Crippen molar-refractivity contribution in [3.63, 3.8) is 0 Å². The van der Waals surface area contributed by atoms with Gasteiger partial charge in [0.05, 0.1) is 5.92 Å². The molecule has 7 heteroatoms. The maximum atomic E-state index is 12.4. The lowest BCUT2D eigenvalue weighted by molar-refractivity contribution is -0.139. The van der Waals surface area contributed by atoms with Crippen molar-refractivity contribution in [2.75, 3.05) is 13.2 Å². The van der Waals surface area contributed by atoms with Crippen LogP contribution in [-0.2, 0) is 14.3 Å². The summed E-state index contributed by atoms with van der Waals surface area (Å²) in [6.07, 6.45) is 0.341. The summed E-state index contributed by atoms with van der Waals surface area (Å²) in [5.41, 5.74) is 4.55. The van der Waals surface area contributed by atoms with Gasteiger partial charge in [-0.15, -0.1) is 0 Å². The van der Waals surface area contributed by atoms with Crippen molar-refractivity contribution >= 4 is 18.0 Å². The van der Waals surface area contributed by atoms with Gasteiger partial charge in [-0.1, -0.05) is 55.5 Å². The molecule has 2 aromatic carbocycles. The standard InChI is InChI=1S/C24H26N2O5/c1-2-21(22(27)25-12-14-11-19(14)23(28)29)26-24(30)31-13-20-17-9-5-3-7-15(17)16-8-4-6-10-18(16)20/h3-10,14,19-21H,2,11-13H2,1H3,(H,25,27)(H,26,30)(H,28,29)/t14-,19-,21?/m1/s1. The molecule has 0 aliphatic heterocycles. The third-order valence-electron chi connectivity index (χ3n) is 6.14. The number of hydrogen-bond donors (Lipinski definition) is 3. The first-order valence-electron chi connectivity index (χ1n) is 10.6. The lowest BCUT2D eigenvalue weighted by Gasteiger charge is -2.18. The Hall–Kier alpha value is -3.35. The molecule has 7 nitrogen and oxygen atoms in total. The molecular formula is C24H26N2O5. The van der Waals surface area contributed by atoms with Crippen molar-refractivity contribution in [2.45, 2.75) is 31.7 Å². The highest BCUT2D eigenvalue weighted by molar-refractivity contribution is 5.86. The number of ether oxygens (including phenoxy) is 1. The molecule has 3 N–H and O–H groups in total. The Morgan fingerprint density at radius 3 is 2.23 bits per heavy atom. The van der Waals surface area contributed by atoms with E-state index < -0.39 is 18.1 Å². The Labute approximate surface area is 180 Å². The minimum Gasteiger partial charge on any atom is -0.481 e. The lowest BCUT2D eigenvalue weighted by Crippen LogP contribution is -2.47. The van der Waals surface area contributed by atoms with Crippen molar-refractivity contribution in [3.05, 3.63) is 59.7 Å². The van der Waals surface area contributed by atoms with Gasteiger partial charge in [-0.25, -0.2) is 4.79 Å². The molecule has 0 aromatic heterocycles. The van der Waals surface area contributed by atoms with Gasteiger partial charge in [-0.3, -0.25) is 9.59 Å². The second-order valence-corrected chi connectivity index (χ2v) is 8.12. The molecule has 0 spiro atoms. The summed E-state index contributed by atoms with van der Waals surface area (Å²) in [6, 6.07) is 15.5. The molecular weight excluding hydrogens is 396 g/mol. The van der Waals surface area contributed by atoms with E-state index in [1.54, 1.807) is 6.92 Å². The molecule has 1 fully saturated rings. The van der Waals surface area contributed by atoms with Crippen molar-refractivity contribution in [3.8, 4) is 11.1 Å². The predicted molar refractivity (Wildman–Crippen MR) is 115 cm³/mol. The topological polar surface area (TPSA) is 105 Å². The van der Waals surface area contributed by atoms with Gasteiger partial charge < -0.3 is 20.5 Å². The van der Waals surface area contributed by atoms with Crippen LogP contribution in [0.1, 0.15) is 36.8 Å². The number of rotatable bonds is 8. The molecule has 31 heavy (non-hydrogen) atoms. The number of nitrogens with one attached hydrogen (secondary N) is 2. The Morgan fingerprint density at radius 1 is 1.06 bits per heavy atom. The van der Waals surface area contributed by atoms with E-state index in [4.69, 9.17) is 9.84 Å². The normalized spacial score (nSPS) is 19.6. The monoisotopic (exact) mass is 422 g/mol. The van der Waals surface area contributed by atoms with Crippen LogP contribution in [0.5, 0.6) is 0 Å². The van der Waals surface area contributed by atoms with Crippen LogP contribution in [0.3, 0.4) is 0 Å². The number of amides is 2. The molecule has 2 aliphatic carbocycles. The van der Waals surface area contributed by atoms with Crippen molar-refractivity contribution in [2.24, 2.45) is 11.8 Å². The highest BCUT2D eigenvalue weighted by Gasteiger charge is 2.43. The van der Waals surface area contributed by atoms with E-state index >= 15 is 0 Å².